The Morgan fingerprint density at radius 2 is 2.24 bits per heavy atom. The lowest BCUT2D eigenvalue weighted by atomic mass is 9.80. The monoisotopic (exact) mass is 357 g/mol. The Kier molecular flexibility index (Phi) is 5.81. The first-order valence-corrected chi connectivity index (χ1v) is 8.33. The number of nitrogens with one attached hydrogen (secondary N) is 1. The summed E-state index contributed by atoms with van der Waals surface area (Å²) in [7, 11) is 1.61. The topological polar surface area (TPSA) is 56.1 Å². The van der Waals surface area contributed by atoms with Gasteiger partial charge >= 0.3 is 0 Å². The highest BCUT2D eigenvalue weighted by atomic mass is 79.9. The van der Waals surface area contributed by atoms with Gasteiger partial charge in [-0.1, -0.05) is 13.8 Å². The molecule has 0 saturated heterocycles. The lowest BCUT2D eigenvalue weighted by Gasteiger charge is -2.33. The fraction of sp³-hybridized carbons (Fsp3) is 0.733. The minimum Gasteiger partial charge on any atom is -0.383 e. The molecule has 0 aromatic carbocycles. The van der Waals surface area contributed by atoms with Crippen LogP contribution in [0.25, 0.3) is 0 Å². The van der Waals surface area contributed by atoms with Gasteiger partial charge < -0.3 is 10.1 Å². The Morgan fingerprint density at radius 1 is 1.48 bits per heavy atom. The Bertz CT molecular complexity index is 532. The molecular formula is C15H24BrN3O2. The van der Waals surface area contributed by atoms with E-state index in [1.807, 2.05) is 0 Å². The summed E-state index contributed by atoms with van der Waals surface area (Å²) in [4.78, 5) is 12.2. The maximum Gasteiger partial charge on any atom is 0.283 e. The molecule has 21 heavy (non-hydrogen) atoms. The van der Waals surface area contributed by atoms with E-state index in [0.29, 0.717) is 29.6 Å². The van der Waals surface area contributed by atoms with Crippen LogP contribution >= 0.6 is 15.9 Å². The fourth-order valence-corrected chi connectivity index (χ4v) is 3.40. The summed E-state index contributed by atoms with van der Waals surface area (Å²) >= 11 is 3.40. The maximum absolute atomic E-state index is 12.2. The van der Waals surface area contributed by atoms with E-state index in [1.54, 1.807) is 13.3 Å². The number of halogens is 1. The molecule has 1 aliphatic carbocycles. The van der Waals surface area contributed by atoms with E-state index in [1.165, 1.54) is 17.5 Å². The van der Waals surface area contributed by atoms with Gasteiger partial charge in [0, 0.05) is 13.2 Å². The number of hydrogen-bond acceptors (Lipinski definition) is 4. The van der Waals surface area contributed by atoms with Gasteiger partial charge in [-0.3, -0.25) is 4.79 Å². The summed E-state index contributed by atoms with van der Waals surface area (Å²) in [5, 5.41) is 7.70. The zero-order chi connectivity index (χ0) is 15.4. The van der Waals surface area contributed by atoms with Crippen molar-refractivity contribution < 1.29 is 4.74 Å². The normalized spacial score (nSPS) is 25.8. The second-order valence-electron chi connectivity index (χ2n) is 6.04. The summed E-state index contributed by atoms with van der Waals surface area (Å²) < 4.78 is 6.96. The SMILES string of the molecule is COCCn1ncc(NC2CCC(C)CC2C)c(Br)c1=O. The molecule has 3 atom stereocenters. The lowest BCUT2D eigenvalue weighted by molar-refractivity contribution is 0.181. The number of rotatable bonds is 5. The van der Waals surface area contributed by atoms with Crippen molar-refractivity contribution >= 4 is 21.6 Å². The van der Waals surface area contributed by atoms with Crippen LogP contribution in [0.1, 0.15) is 33.1 Å². The van der Waals surface area contributed by atoms with E-state index >= 15 is 0 Å². The largest absolute Gasteiger partial charge is 0.383 e. The van der Waals surface area contributed by atoms with Gasteiger partial charge in [0.2, 0.25) is 0 Å². The molecular weight excluding hydrogens is 334 g/mol. The van der Waals surface area contributed by atoms with Gasteiger partial charge in [-0.2, -0.15) is 5.10 Å². The van der Waals surface area contributed by atoms with Crippen LogP contribution in [0.15, 0.2) is 15.5 Å². The van der Waals surface area contributed by atoms with Gasteiger partial charge in [0.05, 0.1) is 25.0 Å². The average Bonchev–Trinajstić information content (AvgIpc) is 2.45. The third kappa shape index (κ3) is 4.07. The standard InChI is InChI=1S/C15H24BrN3O2/c1-10-4-5-12(11(2)8-10)18-13-9-17-19(6-7-21-3)15(20)14(13)16/h9-12,18H,4-8H2,1-3H3. The number of ether oxygens (including phenoxy) is 1. The molecule has 1 fully saturated rings. The second-order valence-corrected chi connectivity index (χ2v) is 6.83. The van der Waals surface area contributed by atoms with E-state index in [0.717, 1.165) is 18.0 Å². The van der Waals surface area contributed by atoms with Gasteiger partial charge in [0.15, 0.2) is 0 Å². The van der Waals surface area contributed by atoms with E-state index in [9.17, 15) is 4.79 Å². The minimum absolute atomic E-state index is 0.117. The van der Waals surface area contributed by atoms with E-state index in [2.05, 4.69) is 40.2 Å². The molecule has 1 aliphatic rings. The van der Waals surface area contributed by atoms with Crippen molar-refractivity contribution in [3.63, 3.8) is 0 Å². The van der Waals surface area contributed by atoms with Gasteiger partial charge in [-0.15, -0.1) is 0 Å². The zero-order valence-corrected chi connectivity index (χ0v) is 14.5. The molecule has 118 valence electrons. The number of anilines is 1. The van der Waals surface area contributed by atoms with Crippen LogP contribution in [0.5, 0.6) is 0 Å². The molecule has 0 radical (unpaired) electrons. The predicted octanol–water partition coefficient (Wildman–Crippen LogP) is 2.89. The number of aromatic nitrogens is 2. The van der Waals surface area contributed by atoms with Crippen LogP contribution in [-0.4, -0.2) is 29.5 Å². The second kappa shape index (κ2) is 7.40. The fourth-order valence-electron chi connectivity index (χ4n) is 2.98. The van der Waals surface area contributed by atoms with Crippen molar-refractivity contribution in [3.05, 3.63) is 21.0 Å². The Labute approximate surface area is 134 Å². The van der Waals surface area contributed by atoms with Crippen LogP contribution in [0, 0.1) is 11.8 Å². The number of nitrogens with zero attached hydrogens (tertiary/aromatic N) is 2. The van der Waals surface area contributed by atoms with Crippen molar-refractivity contribution in [2.75, 3.05) is 19.0 Å². The summed E-state index contributed by atoms with van der Waals surface area (Å²) in [5.41, 5.74) is 0.675. The van der Waals surface area contributed by atoms with Crippen LogP contribution in [0.2, 0.25) is 0 Å². The minimum atomic E-state index is -0.117. The van der Waals surface area contributed by atoms with Gasteiger partial charge in [-0.05, 0) is 47.0 Å². The molecule has 6 heteroatoms. The molecule has 0 amide bonds. The van der Waals surface area contributed by atoms with Gasteiger partial charge in [0.25, 0.3) is 5.56 Å². The van der Waals surface area contributed by atoms with E-state index < -0.39 is 0 Å². The Morgan fingerprint density at radius 3 is 2.90 bits per heavy atom. The first-order valence-electron chi connectivity index (χ1n) is 7.54. The number of hydrogen-bond donors (Lipinski definition) is 1. The molecule has 1 aromatic rings. The molecule has 0 aliphatic heterocycles. The van der Waals surface area contributed by atoms with E-state index in [4.69, 9.17) is 4.74 Å². The lowest BCUT2D eigenvalue weighted by Crippen LogP contribution is -2.34. The molecule has 1 N–H and O–H groups in total. The maximum atomic E-state index is 12.2. The molecule has 1 aromatic heterocycles. The number of methoxy groups -OCH3 is 1. The third-order valence-corrected chi connectivity index (χ3v) is 5.03. The quantitative estimate of drug-likeness (QED) is 0.880. The van der Waals surface area contributed by atoms with Crippen molar-refractivity contribution in [2.45, 2.75) is 45.7 Å². The van der Waals surface area contributed by atoms with Crippen LogP contribution in [0.4, 0.5) is 5.69 Å². The van der Waals surface area contributed by atoms with Crippen LogP contribution in [0.3, 0.4) is 0 Å². The summed E-state index contributed by atoms with van der Waals surface area (Å²) in [6.07, 6.45) is 5.33. The van der Waals surface area contributed by atoms with Crippen molar-refractivity contribution in [1.29, 1.82) is 0 Å². The highest BCUT2D eigenvalue weighted by Crippen LogP contribution is 2.31. The highest BCUT2D eigenvalue weighted by Gasteiger charge is 2.26. The highest BCUT2D eigenvalue weighted by molar-refractivity contribution is 9.10. The smallest absolute Gasteiger partial charge is 0.283 e. The molecule has 0 bridgehead atoms. The molecule has 5 nitrogen and oxygen atoms in total. The first-order chi connectivity index (χ1) is 10.0. The zero-order valence-electron chi connectivity index (χ0n) is 12.9. The molecule has 3 unspecified atom stereocenters. The summed E-state index contributed by atoms with van der Waals surface area (Å²) in [5.74, 6) is 1.40. The predicted molar refractivity (Wildman–Crippen MR) is 87.7 cm³/mol. The average molecular weight is 358 g/mol. The van der Waals surface area contributed by atoms with Crippen LogP contribution in [-0.2, 0) is 11.3 Å². The molecule has 0 spiro atoms. The molecule has 1 heterocycles. The van der Waals surface area contributed by atoms with Gasteiger partial charge in [0.1, 0.15) is 4.47 Å². The van der Waals surface area contributed by atoms with Gasteiger partial charge in [-0.25, -0.2) is 4.68 Å². The summed E-state index contributed by atoms with van der Waals surface area (Å²) in [6.45, 7) is 5.52. The van der Waals surface area contributed by atoms with Crippen molar-refractivity contribution in [1.82, 2.24) is 9.78 Å². The summed E-state index contributed by atoms with van der Waals surface area (Å²) in [6, 6.07) is 0.411. The molecule has 2 rings (SSSR count). The first kappa shape index (κ1) is 16.5. The molecule has 1 saturated carbocycles. The van der Waals surface area contributed by atoms with Crippen molar-refractivity contribution in [3.8, 4) is 0 Å². The van der Waals surface area contributed by atoms with E-state index in [-0.39, 0.29) is 5.56 Å². The van der Waals surface area contributed by atoms with Crippen molar-refractivity contribution in [2.24, 2.45) is 11.8 Å². The van der Waals surface area contributed by atoms with Crippen LogP contribution < -0.4 is 10.9 Å². The Balaban J connectivity index is 2.10. The third-order valence-electron chi connectivity index (χ3n) is 4.26. The Hall–Kier alpha value is -0.880.